The molecule has 2 aromatic rings. The third-order valence-electron chi connectivity index (χ3n) is 2.21. The summed E-state index contributed by atoms with van der Waals surface area (Å²) in [6.45, 7) is 0. The Labute approximate surface area is 112 Å². The number of aromatic nitrogens is 1. The predicted octanol–water partition coefficient (Wildman–Crippen LogP) is 2.26. The first-order valence-electron chi connectivity index (χ1n) is 5.13. The molecule has 5 N–H and O–H groups in total. The van der Waals surface area contributed by atoms with Crippen LogP contribution in [0, 0.1) is 0 Å². The molecule has 0 fully saturated rings. The standard InChI is InChI=1S/C12H11BrN4O/c13-8-1-2-11(16-6-8)17-12(18)7-3-9(14)5-10(15)4-7/h1-6H,14-15H2,(H,16,17,18). The third-order valence-corrected chi connectivity index (χ3v) is 2.68. The Morgan fingerprint density at radius 2 is 1.83 bits per heavy atom. The highest BCUT2D eigenvalue weighted by Crippen LogP contribution is 2.16. The molecule has 6 heteroatoms. The van der Waals surface area contributed by atoms with Crippen molar-refractivity contribution in [3.63, 3.8) is 0 Å². The molecule has 2 rings (SSSR count). The molecule has 0 bridgehead atoms. The van der Waals surface area contributed by atoms with E-state index in [0.717, 1.165) is 4.47 Å². The highest BCUT2D eigenvalue weighted by Gasteiger charge is 2.08. The molecule has 0 aliphatic carbocycles. The second-order valence-electron chi connectivity index (χ2n) is 3.70. The third kappa shape index (κ3) is 2.98. The van der Waals surface area contributed by atoms with E-state index in [9.17, 15) is 4.79 Å². The summed E-state index contributed by atoms with van der Waals surface area (Å²) in [7, 11) is 0. The van der Waals surface area contributed by atoms with Crippen LogP contribution in [-0.4, -0.2) is 10.9 Å². The fourth-order valence-electron chi connectivity index (χ4n) is 1.45. The van der Waals surface area contributed by atoms with Crippen molar-refractivity contribution in [2.45, 2.75) is 0 Å². The lowest BCUT2D eigenvalue weighted by Crippen LogP contribution is -2.13. The molecule has 1 amide bonds. The SMILES string of the molecule is Nc1cc(N)cc(C(=O)Nc2ccc(Br)cn2)c1. The van der Waals surface area contributed by atoms with Gasteiger partial charge in [-0.3, -0.25) is 4.79 Å². The summed E-state index contributed by atoms with van der Waals surface area (Å²) in [4.78, 5) is 16.0. The highest BCUT2D eigenvalue weighted by atomic mass is 79.9. The molecule has 0 spiro atoms. The molecule has 5 nitrogen and oxygen atoms in total. The second-order valence-corrected chi connectivity index (χ2v) is 4.62. The number of halogens is 1. The molecule has 0 aliphatic heterocycles. The van der Waals surface area contributed by atoms with Crippen molar-refractivity contribution in [3.05, 3.63) is 46.6 Å². The maximum absolute atomic E-state index is 11.9. The van der Waals surface area contributed by atoms with Crippen LogP contribution < -0.4 is 16.8 Å². The van der Waals surface area contributed by atoms with Crippen molar-refractivity contribution in [1.82, 2.24) is 4.98 Å². The molecule has 0 atom stereocenters. The van der Waals surface area contributed by atoms with Crippen LogP contribution in [0.1, 0.15) is 10.4 Å². The zero-order chi connectivity index (χ0) is 13.1. The van der Waals surface area contributed by atoms with Crippen LogP contribution in [0.2, 0.25) is 0 Å². The van der Waals surface area contributed by atoms with E-state index in [-0.39, 0.29) is 5.91 Å². The number of nitrogen functional groups attached to an aromatic ring is 2. The van der Waals surface area contributed by atoms with E-state index in [0.29, 0.717) is 22.8 Å². The monoisotopic (exact) mass is 306 g/mol. The van der Waals surface area contributed by atoms with Crippen molar-refractivity contribution in [2.75, 3.05) is 16.8 Å². The van der Waals surface area contributed by atoms with Crippen LogP contribution >= 0.6 is 15.9 Å². The summed E-state index contributed by atoms with van der Waals surface area (Å²) in [5.41, 5.74) is 12.6. The van der Waals surface area contributed by atoms with Gasteiger partial charge in [0.25, 0.3) is 5.91 Å². The van der Waals surface area contributed by atoms with Gasteiger partial charge < -0.3 is 16.8 Å². The fraction of sp³-hybridized carbons (Fsp3) is 0. The second kappa shape index (κ2) is 5.05. The first-order valence-corrected chi connectivity index (χ1v) is 5.93. The van der Waals surface area contributed by atoms with Crippen molar-refractivity contribution < 1.29 is 4.79 Å². The smallest absolute Gasteiger partial charge is 0.256 e. The minimum Gasteiger partial charge on any atom is -0.399 e. The Balaban J connectivity index is 2.19. The van der Waals surface area contributed by atoms with Gasteiger partial charge in [0.2, 0.25) is 0 Å². The zero-order valence-electron chi connectivity index (χ0n) is 9.35. The number of anilines is 3. The summed E-state index contributed by atoms with van der Waals surface area (Å²) in [6.07, 6.45) is 1.60. The lowest BCUT2D eigenvalue weighted by atomic mass is 10.1. The molecular weight excluding hydrogens is 296 g/mol. The Bertz CT molecular complexity index is 563. The van der Waals surface area contributed by atoms with E-state index in [4.69, 9.17) is 11.5 Å². The Hall–Kier alpha value is -2.08. The molecular formula is C12H11BrN4O. The first-order chi connectivity index (χ1) is 8.54. The van der Waals surface area contributed by atoms with Gasteiger partial charge >= 0.3 is 0 Å². The lowest BCUT2D eigenvalue weighted by molar-refractivity contribution is 0.102. The van der Waals surface area contributed by atoms with Crippen molar-refractivity contribution in [2.24, 2.45) is 0 Å². The first kappa shape index (κ1) is 12.4. The van der Waals surface area contributed by atoms with E-state index in [1.807, 2.05) is 0 Å². The Morgan fingerprint density at radius 1 is 1.17 bits per heavy atom. The molecule has 1 heterocycles. The molecule has 1 aromatic heterocycles. The van der Waals surface area contributed by atoms with Crippen LogP contribution in [0.25, 0.3) is 0 Å². The van der Waals surface area contributed by atoms with Crippen LogP contribution in [0.5, 0.6) is 0 Å². The molecule has 18 heavy (non-hydrogen) atoms. The van der Waals surface area contributed by atoms with E-state index in [1.165, 1.54) is 0 Å². The molecule has 0 radical (unpaired) electrons. The maximum atomic E-state index is 11.9. The van der Waals surface area contributed by atoms with Crippen LogP contribution in [-0.2, 0) is 0 Å². The molecule has 0 saturated heterocycles. The van der Waals surface area contributed by atoms with Crippen molar-refractivity contribution in [1.29, 1.82) is 0 Å². The normalized spacial score (nSPS) is 10.1. The Morgan fingerprint density at radius 3 is 2.39 bits per heavy atom. The van der Waals surface area contributed by atoms with Crippen molar-refractivity contribution >= 4 is 39.0 Å². The number of hydrogen-bond donors (Lipinski definition) is 3. The average Bonchev–Trinajstić information content (AvgIpc) is 2.31. The maximum Gasteiger partial charge on any atom is 0.256 e. The van der Waals surface area contributed by atoms with Gasteiger partial charge in [-0.2, -0.15) is 0 Å². The minimum absolute atomic E-state index is 0.302. The van der Waals surface area contributed by atoms with E-state index >= 15 is 0 Å². The molecule has 0 aliphatic rings. The number of hydrogen-bond acceptors (Lipinski definition) is 4. The Kier molecular flexibility index (Phi) is 3.47. The summed E-state index contributed by atoms with van der Waals surface area (Å²) < 4.78 is 0.841. The molecule has 92 valence electrons. The zero-order valence-corrected chi connectivity index (χ0v) is 10.9. The highest BCUT2D eigenvalue weighted by molar-refractivity contribution is 9.10. The predicted molar refractivity (Wildman–Crippen MR) is 75.2 cm³/mol. The van der Waals surface area contributed by atoms with Gasteiger partial charge in [-0.1, -0.05) is 0 Å². The fourth-order valence-corrected chi connectivity index (χ4v) is 1.68. The number of carbonyl (C=O) groups is 1. The number of nitrogens with one attached hydrogen (secondary N) is 1. The number of carbonyl (C=O) groups excluding carboxylic acids is 1. The van der Waals surface area contributed by atoms with E-state index < -0.39 is 0 Å². The number of nitrogens with two attached hydrogens (primary N) is 2. The number of rotatable bonds is 2. The average molecular weight is 307 g/mol. The molecule has 0 unspecified atom stereocenters. The largest absolute Gasteiger partial charge is 0.399 e. The van der Waals surface area contributed by atoms with E-state index in [1.54, 1.807) is 36.5 Å². The number of benzene rings is 1. The summed E-state index contributed by atoms with van der Waals surface area (Å²) in [6, 6.07) is 8.19. The molecule has 0 saturated carbocycles. The van der Waals surface area contributed by atoms with Gasteiger partial charge in [0.15, 0.2) is 0 Å². The van der Waals surface area contributed by atoms with Crippen LogP contribution in [0.15, 0.2) is 41.0 Å². The van der Waals surface area contributed by atoms with Crippen molar-refractivity contribution in [3.8, 4) is 0 Å². The van der Waals surface area contributed by atoms with Gasteiger partial charge in [0.05, 0.1) is 0 Å². The summed E-state index contributed by atoms with van der Waals surface area (Å²) in [5, 5.41) is 2.66. The lowest BCUT2D eigenvalue weighted by Gasteiger charge is -2.06. The quantitative estimate of drug-likeness (QED) is 0.742. The van der Waals surface area contributed by atoms with E-state index in [2.05, 4.69) is 26.2 Å². The topological polar surface area (TPSA) is 94.0 Å². The van der Waals surface area contributed by atoms with Crippen LogP contribution in [0.3, 0.4) is 0 Å². The van der Waals surface area contributed by atoms with Gasteiger partial charge in [0, 0.05) is 27.6 Å². The number of pyridine rings is 1. The summed E-state index contributed by atoms with van der Waals surface area (Å²) in [5.74, 6) is 0.160. The number of amides is 1. The molecule has 1 aromatic carbocycles. The van der Waals surface area contributed by atoms with Crippen LogP contribution in [0.4, 0.5) is 17.2 Å². The number of nitrogens with zero attached hydrogens (tertiary/aromatic N) is 1. The minimum atomic E-state index is -0.302. The van der Waals surface area contributed by atoms with Gasteiger partial charge in [-0.15, -0.1) is 0 Å². The summed E-state index contributed by atoms with van der Waals surface area (Å²) >= 11 is 3.27. The van der Waals surface area contributed by atoms with Gasteiger partial charge in [0.1, 0.15) is 5.82 Å². The van der Waals surface area contributed by atoms with Gasteiger partial charge in [-0.25, -0.2) is 4.98 Å². The van der Waals surface area contributed by atoms with Gasteiger partial charge in [-0.05, 0) is 46.3 Å².